The van der Waals surface area contributed by atoms with Crippen molar-refractivity contribution in [2.24, 2.45) is 0 Å². The molecule has 0 aliphatic heterocycles. The first-order chi connectivity index (χ1) is 12.6. The average Bonchev–Trinajstić information content (AvgIpc) is 2.62. The van der Waals surface area contributed by atoms with Crippen LogP contribution < -0.4 is 29.6 Å². The number of allylic oxidation sites excluding steroid dienone is 2. The van der Waals surface area contributed by atoms with Crippen molar-refractivity contribution in [3.8, 4) is 0 Å². The summed E-state index contributed by atoms with van der Waals surface area (Å²) in [7, 11) is -0.396. The summed E-state index contributed by atoms with van der Waals surface area (Å²) in [5.74, 6) is 0.0716. The van der Waals surface area contributed by atoms with E-state index in [1.807, 2.05) is 0 Å². The zero-order valence-electron chi connectivity index (χ0n) is 18.5. The Morgan fingerprint density at radius 2 is 1.29 bits per heavy atom. The molecule has 0 rings (SSSR count). The van der Waals surface area contributed by atoms with Crippen molar-refractivity contribution < 1.29 is 48.2 Å². The molecular weight excluding hydrogens is 385 g/mol. The Kier molecular flexibility index (Phi) is 29.4. The van der Waals surface area contributed by atoms with Gasteiger partial charge in [0, 0.05) is 20.0 Å². The van der Waals surface area contributed by atoms with Gasteiger partial charge in [0.15, 0.2) is 0 Å². The smallest absolute Gasteiger partial charge is 0.870 e. The number of rotatable bonds is 18. The summed E-state index contributed by atoms with van der Waals surface area (Å²) in [6.45, 7) is 2.55. The largest absolute Gasteiger partial charge is 1.00 e. The number of hydrogen-bond acceptors (Lipinski definition) is 5. The van der Waals surface area contributed by atoms with E-state index in [9.17, 15) is 13.2 Å². The van der Waals surface area contributed by atoms with Crippen LogP contribution in [0.1, 0.15) is 96.8 Å². The first kappa shape index (κ1) is 32.8. The van der Waals surface area contributed by atoms with E-state index in [0.717, 1.165) is 12.8 Å². The predicted molar refractivity (Wildman–Crippen MR) is 113 cm³/mol. The van der Waals surface area contributed by atoms with Gasteiger partial charge in [-0.25, -0.2) is 0 Å². The summed E-state index contributed by atoms with van der Waals surface area (Å²) >= 11 is 0. The van der Waals surface area contributed by atoms with Gasteiger partial charge in [-0.05, 0) is 32.1 Å². The van der Waals surface area contributed by atoms with E-state index < -0.39 is 10.7 Å². The number of carbonyl (C=O) groups excluding carboxylic acids is 1. The van der Waals surface area contributed by atoms with Crippen molar-refractivity contribution in [1.29, 1.82) is 0 Å². The van der Waals surface area contributed by atoms with Gasteiger partial charge in [-0.1, -0.05) is 86.9 Å². The molecule has 0 aliphatic carbocycles. The molecule has 0 aromatic carbocycles. The molecule has 0 radical (unpaired) electrons. The van der Waals surface area contributed by atoms with E-state index in [1.165, 1.54) is 75.5 Å². The number of carbonyl (C=O) groups is 1. The first-order valence-corrected chi connectivity index (χ1v) is 11.8. The van der Waals surface area contributed by atoms with Gasteiger partial charge in [0.05, 0.1) is 0 Å². The molecule has 0 aliphatic rings. The number of unbranched alkanes of at least 4 members (excludes halogenated alkanes) is 11. The van der Waals surface area contributed by atoms with Gasteiger partial charge in [-0.2, -0.15) is 0 Å². The third kappa shape index (κ3) is 24.2. The third-order valence-corrected chi connectivity index (χ3v) is 5.19. The molecular formula is C21H41NNaO4S-. The molecule has 1 amide bonds. The molecule has 0 unspecified atom stereocenters. The van der Waals surface area contributed by atoms with Gasteiger partial charge in [-0.15, -0.1) is 0 Å². The molecule has 5 nitrogen and oxygen atoms in total. The Bertz CT molecular complexity index is 434. The van der Waals surface area contributed by atoms with Gasteiger partial charge in [0.25, 0.3) is 0 Å². The summed E-state index contributed by atoms with van der Waals surface area (Å²) in [5, 5.41) is 0. The number of amides is 1. The van der Waals surface area contributed by atoms with Gasteiger partial charge in [-0.3, -0.25) is 4.79 Å². The second kappa shape index (κ2) is 25.2. The summed E-state index contributed by atoms with van der Waals surface area (Å²) in [5.41, 5.74) is 0. The third-order valence-electron chi connectivity index (χ3n) is 4.67. The Hall–Kier alpha value is 0.120. The van der Waals surface area contributed by atoms with E-state index in [1.54, 1.807) is 7.05 Å². The fourth-order valence-corrected chi connectivity index (χ4v) is 3.30. The molecule has 0 aromatic heterocycles. The molecule has 0 aromatic rings. The maximum absolute atomic E-state index is 11.8. The van der Waals surface area contributed by atoms with Crippen molar-refractivity contribution >= 4 is 16.6 Å². The van der Waals surface area contributed by atoms with Crippen LogP contribution in [-0.2, 0) is 23.9 Å². The van der Waals surface area contributed by atoms with Gasteiger partial charge >= 0.3 is 29.6 Å². The predicted octanol–water partition coefficient (Wildman–Crippen LogP) is 2.62. The SMILES string of the molecule is CCCCCCCC/C=C\CCCCCCCC(=O)N(C)CC[S-](=O)=O.[Na+].[OH-]. The number of nitrogens with zero attached hydrogens (tertiary/aromatic N) is 1. The maximum atomic E-state index is 11.8. The molecule has 1 N–H and O–H groups in total. The maximum Gasteiger partial charge on any atom is 1.00 e. The van der Waals surface area contributed by atoms with Crippen molar-refractivity contribution in [3.05, 3.63) is 12.2 Å². The molecule has 7 heteroatoms. The fourth-order valence-electron chi connectivity index (χ4n) is 2.87. The quantitative estimate of drug-likeness (QED) is 0.146. The first-order valence-electron chi connectivity index (χ1n) is 10.5. The van der Waals surface area contributed by atoms with Crippen molar-refractivity contribution in [1.82, 2.24) is 4.90 Å². The van der Waals surface area contributed by atoms with Crippen LogP contribution in [-0.4, -0.2) is 35.6 Å². The van der Waals surface area contributed by atoms with Crippen LogP contribution in [0.25, 0.3) is 0 Å². The second-order valence-corrected chi connectivity index (χ2v) is 8.17. The molecule has 0 saturated carbocycles. The van der Waals surface area contributed by atoms with E-state index in [4.69, 9.17) is 0 Å². The monoisotopic (exact) mass is 426 g/mol. The molecule has 0 heterocycles. The molecule has 0 atom stereocenters. The molecule has 28 heavy (non-hydrogen) atoms. The van der Waals surface area contributed by atoms with E-state index >= 15 is 0 Å². The van der Waals surface area contributed by atoms with E-state index in [-0.39, 0.29) is 46.7 Å². The fraction of sp³-hybridized carbons (Fsp3) is 0.857. The minimum atomic E-state index is -2.07. The second-order valence-electron chi connectivity index (χ2n) is 7.16. The summed E-state index contributed by atoms with van der Waals surface area (Å²) in [4.78, 5) is 13.3. The van der Waals surface area contributed by atoms with Crippen LogP contribution in [0.5, 0.6) is 0 Å². The Morgan fingerprint density at radius 3 is 1.79 bits per heavy atom. The van der Waals surface area contributed by atoms with Crippen LogP contribution in [0, 0.1) is 0 Å². The van der Waals surface area contributed by atoms with Gasteiger partial charge in [0.1, 0.15) is 0 Å². The van der Waals surface area contributed by atoms with Crippen molar-refractivity contribution in [2.45, 2.75) is 96.8 Å². The minimum absolute atomic E-state index is 0. The number of hydrogen-bond donors (Lipinski definition) is 0. The summed E-state index contributed by atoms with van der Waals surface area (Å²) in [6, 6.07) is 0. The summed E-state index contributed by atoms with van der Waals surface area (Å²) in [6.07, 6.45) is 21.4. The normalized spacial score (nSPS) is 10.7. The standard InChI is InChI=1S/C21H40NO3S.Na.H2O/c1-3-4-5-6-7-8-9-10-11-12-13-14-15-16-17-18-21(23)22(2)19-20-26(24)25;;/h10-11H,3-9,12-20H2,1-2H3;;1H2/q-1;+1;/p-1/b11-10-;;. The van der Waals surface area contributed by atoms with E-state index in [2.05, 4.69) is 19.1 Å². The topological polar surface area (TPSA) is 84.5 Å². The van der Waals surface area contributed by atoms with Crippen LogP contribution in [0.2, 0.25) is 0 Å². The van der Waals surface area contributed by atoms with Gasteiger partial charge in [0.2, 0.25) is 5.91 Å². The minimum Gasteiger partial charge on any atom is -0.870 e. The Labute approximate surface area is 197 Å². The van der Waals surface area contributed by atoms with Crippen LogP contribution in [0.3, 0.4) is 0 Å². The van der Waals surface area contributed by atoms with Crippen LogP contribution in [0.4, 0.5) is 0 Å². The molecule has 0 bridgehead atoms. The van der Waals surface area contributed by atoms with Gasteiger partial charge < -0.3 is 18.8 Å². The summed E-state index contributed by atoms with van der Waals surface area (Å²) < 4.78 is 21.0. The Balaban J connectivity index is -0.00000312. The van der Waals surface area contributed by atoms with Crippen molar-refractivity contribution in [3.63, 3.8) is 0 Å². The van der Waals surface area contributed by atoms with E-state index in [0.29, 0.717) is 13.0 Å². The molecule has 0 saturated heterocycles. The van der Waals surface area contributed by atoms with Crippen LogP contribution in [0.15, 0.2) is 12.2 Å². The van der Waals surface area contributed by atoms with Crippen LogP contribution >= 0.6 is 0 Å². The molecule has 0 spiro atoms. The zero-order chi connectivity index (χ0) is 19.5. The van der Waals surface area contributed by atoms with Crippen molar-refractivity contribution in [2.75, 3.05) is 19.3 Å². The zero-order valence-corrected chi connectivity index (χ0v) is 21.3. The average molecular weight is 427 g/mol. The Morgan fingerprint density at radius 1 is 0.821 bits per heavy atom. The molecule has 162 valence electrons. The molecule has 0 fully saturated rings.